The molecule has 3 fully saturated rings. The molecule has 20 heavy (non-hydrogen) atoms. The fourth-order valence-corrected chi connectivity index (χ4v) is 4.37. The lowest BCUT2D eigenvalue weighted by molar-refractivity contribution is -0.149. The van der Waals surface area contributed by atoms with Crippen molar-refractivity contribution in [3.8, 4) is 0 Å². The van der Waals surface area contributed by atoms with E-state index in [0.29, 0.717) is 25.7 Å². The molecule has 112 valence electrons. The molecule has 0 spiro atoms. The van der Waals surface area contributed by atoms with Crippen molar-refractivity contribution in [2.45, 2.75) is 31.7 Å². The maximum absolute atomic E-state index is 11.8. The number of hydrogen-bond acceptors (Lipinski definition) is 4. The molecule has 1 aliphatic carbocycles. The predicted molar refractivity (Wildman–Crippen MR) is 71.5 cm³/mol. The van der Waals surface area contributed by atoms with Gasteiger partial charge in [0, 0.05) is 38.1 Å². The molecule has 2 saturated heterocycles. The van der Waals surface area contributed by atoms with E-state index in [9.17, 15) is 14.7 Å². The average Bonchev–Trinajstić information content (AvgIpc) is 2.98. The highest BCUT2D eigenvalue weighted by Crippen LogP contribution is 2.44. The Kier molecular flexibility index (Phi) is 3.46. The lowest BCUT2D eigenvalue weighted by Crippen LogP contribution is -2.43. The zero-order valence-electron chi connectivity index (χ0n) is 11.6. The summed E-state index contributed by atoms with van der Waals surface area (Å²) in [5.41, 5.74) is -0.752. The number of nitrogens with zero attached hydrogens (tertiary/aromatic N) is 2. The molecule has 6 nitrogen and oxygen atoms in total. The Bertz CT molecular complexity index is 421. The zero-order valence-corrected chi connectivity index (χ0v) is 11.6. The van der Waals surface area contributed by atoms with E-state index in [4.69, 9.17) is 5.11 Å². The number of carboxylic acid groups (broad SMARTS) is 2. The van der Waals surface area contributed by atoms with Crippen LogP contribution >= 0.6 is 0 Å². The normalized spacial score (nSPS) is 35.5. The van der Waals surface area contributed by atoms with Gasteiger partial charge >= 0.3 is 11.9 Å². The van der Waals surface area contributed by atoms with Crippen LogP contribution in [0, 0.1) is 11.3 Å². The summed E-state index contributed by atoms with van der Waals surface area (Å²) in [6, 6.07) is 0.546. The van der Waals surface area contributed by atoms with Crippen molar-refractivity contribution >= 4 is 11.9 Å². The topological polar surface area (TPSA) is 81.1 Å². The highest BCUT2D eigenvalue weighted by molar-refractivity contribution is 5.77. The van der Waals surface area contributed by atoms with Crippen LogP contribution in [0.25, 0.3) is 0 Å². The van der Waals surface area contributed by atoms with Crippen LogP contribution < -0.4 is 0 Å². The quantitative estimate of drug-likeness (QED) is 0.773. The van der Waals surface area contributed by atoms with Gasteiger partial charge in [0.25, 0.3) is 0 Å². The summed E-state index contributed by atoms with van der Waals surface area (Å²) >= 11 is 0. The summed E-state index contributed by atoms with van der Waals surface area (Å²) in [7, 11) is 0. The van der Waals surface area contributed by atoms with Gasteiger partial charge in [-0.2, -0.15) is 0 Å². The summed E-state index contributed by atoms with van der Waals surface area (Å²) in [6.45, 7) is 2.33. The number of fused-ring (bicyclic) bond motifs is 1. The zero-order chi connectivity index (χ0) is 14.3. The molecule has 2 aliphatic heterocycles. The number of hydrogen-bond donors (Lipinski definition) is 2. The fourth-order valence-electron chi connectivity index (χ4n) is 4.37. The number of carboxylic acids is 2. The monoisotopic (exact) mass is 282 g/mol. The molecule has 0 unspecified atom stereocenters. The standard InChI is InChI=1S/C14H22N2O4/c17-12(18)7-15-5-10-6-16(11-3-1-2-4-11)9-14(10,8-15)13(19)20/h10-11H,1-9H2,(H,17,18)(H,19,20)/t10-,14-/m1/s1. The molecule has 0 amide bonds. The van der Waals surface area contributed by atoms with Crippen molar-refractivity contribution in [1.82, 2.24) is 9.80 Å². The van der Waals surface area contributed by atoms with Crippen molar-refractivity contribution in [1.29, 1.82) is 0 Å². The van der Waals surface area contributed by atoms with E-state index in [-0.39, 0.29) is 12.5 Å². The molecular formula is C14H22N2O4. The van der Waals surface area contributed by atoms with Gasteiger partial charge in [-0.1, -0.05) is 12.8 Å². The SMILES string of the molecule is O=C(O)CN1C[C@@H]2CN(C3CCCC3)C[C@]2(C(=O)O)C1. The highest BCUT2D eigenvalue weighted by atomic mass is 16.4. The van der Waals surface area contributed by atoms with Gasteiger partial charge in [0.2, 0.25) is 0 Å². The number of rotatable bonds is 4. The molecule has 1 saturated carbocycles. The van der Waals surface area contributed by atoms with Gasteiger partial charge < -0.3 is 10.2 Å². The number of likely N-dealkylation sites (tertiary alicyclic amines) is 2. The maximum atomic E-state index is 11.8. The molecule has 0 bridgehead atoms. The first-order valence-corrected chi connectivity index (χ1v) is 7.43. The van der Waals surface area contributed by atoms with Gasteiger partial charge in [0.1, 0.15) is 0 Å². The van der Waals surface area contributed by atoms with E-state index in [2.05, 4.69) is 4.90 Å². The minimum Gasteiger partial charge on any atom is -0.481 e. The third kappa shape index (κ3) is 2.20. The minimum atomic E-state index is -0.877. The predicted octanol–water partition coefficient (Wildman–Crippen LogP) is 0.332. The van der Waals surface area contributed by atoms with Gasteiger partial charge in [0.15, 0.2) is 0 Å². The van der Waals surface area contributed by atoms with Crippen LogP contribution in [0.15, 0.2) is 0 Å². The number of carbonyl (C=O) groups is 2. The van der Waals surface area contributed by atoms with E-state index in [1.54, 1.807) is 4.90 Å². The van der Waals surface area contributed by atoms with E-state index < -0.39 is 17.4 Å². The second-order valence-corrected chi connectivity index (χ2v) is 6.59. The van der Waals surface area contributed by atoms with Crippen molar-refractivity contribution in [3.05, 3.63) is 0 Å². The Hall–Kier alpha value is -1.14. The van der Waals surface area contributed by atoms with E-state index >= 15 is 0 Å². The largest absolute Gasteiger partial charge is 0.481 e. The Balaban J connectivity index is 1.73. The summed E-state index contributed by atoms with van der Waals surface area (Å²) in [4.78, 5) is 26.8. The van der Waals surface area contributed by atoms with E-state index in [1.807, 2.05) is 0 Å². The fraction of sp³-hybridized carbons (Fsp3) is 0.857. The van der Waals surface area contributed by atoms with Crippen LogP contribution in [0.2, 0.25) is 0 Å². The first kappa shape index (κ1) is 13.8. The second-order valence-electron chi connectivity index (χ2n) is 6.59. The van der Waals surface area contributed by atoms with Crippen LogP contribution in [-0.2, 0) is 9.59 Å². The Labute approximate surface area is 118 Å². The van der Waals surface area contributed by atoms with Crippen LogP contribution in [0.4, 0.5) is 0 Å². The summed E-state index contributed by atoms with van der Waals surface area (Å²) in [5, 5.41) is 18.6. The second kappa shape index (κ2) is 5.00. The lowest BCUT2D eigenvalue weighted by atomic mass is 9.81. The molecule has 2 atom stereocenters. The summed E-state index contributed by atoms with van der Waals surface area (Å²) in [5.74, 6) is -1.56. The first-order valence-electron chi connectivity index (χ1n) is 7.43. The minimum absolute atomic E-state index is 0.0467. The van der Waals surface area contributed by atoms with Crippen LogP contribution in [0.1, 0.15) is 25.7 Å². The molecule has 3 rings (SSSR count). The van der Waals surface area contributed by atoms with Crippen LogP contribution in [-0.4, -0.2) is 70.7 Å². The van der Waals surface area contributed by atoms with Gasteiger partial charge in [-0.25, -0.2) is 0 Å². The van der Waals surface area contributed by atoms with Crippen molar-refractivity contribution in [3.63, 3.8) is 0 Å². The Morgan fingerprint density at radius 3 is 2.35 bits per heavy atom. The van der Waals surface area contributed by atoms with Gasteiger partial charge in [-0.15, -0.1) is 0 Å². The first-order chi connectivity index (χ1) is 9.51. The number of aliphatic carboxylic acids is 2. The molecule has 2 N–H and O–H groups in total. The molecule has 0 aromatic rings. The highest BCUT2D eigenvalue weighted by Gasteiger charge is 2.58. The molecule has 2 heterocycles. The Morgan fingerprint density at radius 2 is 1.80 bits per heavy atom. The van der Waals surface area contributed by atoms with Crippen LogP contribution in [0.5, 0.6) is 0 Å². The van der Waals surface area contributed by atoms with Gasteiger partial charge in [0.05, 0.1) is 12.0 Å². The van der Waals surface area contributed by atoms with Gasteiger partial charge in [-0.05, 0) is 12.8 Å². The van der Waals surface area contributed by atoms with Gasteiger partial charge in [-0.3, -0.25) is 19.4 Å². The van der Waals surface area contributed by atoms with E-state index in [1.165, 1.54) is 25.7 Å². The molecule has 6 heteroatoms. The van der Waals surface area contributed by atoms with Crippen molar-refractivity contribution in [2.75, 3.05) is 32.7 Å². The third-order valence-corrected chi connectivity index (χ3v) is 5.33. The molecule has 0 aromatic heterocycles. The third-order valence-electron chi connectivity index (χ3n) is 5.33. The summed E-state index contributed by atoms with van der Waals surface area (Å²) in [6.07, 6.45) is 4.86. The Morgan fingerprint density at radius 1 is 1.10 bits per heavy atom. The maximum Gasteiger partial charge on any atom is 0.317 e. The summed E-state index contributed by atoms with van der Waals surface area (Å²) < 4.78 is 0. The van der Waals surface area contributed by atoms with Crippen LogP contribution in [0.3, 0.4) is 0 Å². The van der Waals surface area contributed by atoms with E-state index in [0.717, 1.165) is 6.54 Å². The molecule has 0 radical (unpaired) electrons. The van der Waals surface area contributed by atoms with Crippen molar-refractivity contribution in [2.24, 2.45) is 11.3 Å². The smallest absolute Gasteiger partial charge is 0.317 e. The van der Waals surface area contributed by atoms with Crippen molar-refractivity contribution < 1.29 is 19.8 Å². The molecular weight excluding hydrogens is 260 g/mol. The molecule has 0 aromatic carbocycles. The average molecular weight is 282 g/mol. The molecule has 3 aliphatic rings. The lowest BCUT2D eigenvalue weighted by Gasteiger charge is -2.28.